The molecule has 2 heterocycles. The van der Waals surface area contributed by atoms with Crippen LogP contribution in [0.2, 0.25) is 0 Å². The molecule has 1 aliphatic carbocycles. The van der Waals surface area contributed by atoms with Gasteiger partial charge in [-0.3, -0.25) is 4.79 Å². The number of rotatable bonds is 7. The molecule has 1 amide bonds. The van der Waals surface area contributed by atoms with E-state index in [2.05, 4.69) is 15.2 Å². The van der Waals surface area contributed by atoms with Gasteiger partial charge in [-0.2, -0.15) is 0 Å². The molecule has 0 aromatic carbocycles. The van der Waals surface area contributed by atoms with E-state index in [0.29, 0.717) is 12.0 Å². The number of carbonyl (C=O) groups is 1. The van der Waals surface area contributed by atoms with Crippen LogP contribution in [0.1, 0.15) is 44.9 Å². The summed E-state index contributed by atoms with van der Waals surface area (Å²) in [5, 5.41) is 3.50. The Morgan fingerprint density at radius 3 is 2.48 bits per heavy atom. The van der Waals surface area contributed by atoms with Gasteiger partial charge < -0.3 is 24.6 Å². The fourth-order valence-electron chi connectivity index (χ4n) is 4.22. The van der Waals surface area contributed by atoms with Crippen molar-refractivity contribution in [2.45, 2.75) is 51.0 Å². The highest BCUT2D eigenvalue weighted by Crippen LogP contribution is 2.26. The van der Waals surface area contributed by atoms with Crippen LogP contribution < -0.4 is 5.32 Å². The Bertz CT molecular complexity index is 512. The highest BCUT2D eigenvalue weighted by atomic mass is 127. The van der Waals surface area contributed by atoms with Gasteiger partial charge in [0.2, 0.25) is 5.91 Å². The summed E-state index contributed by atoms with van der Waals surface area (Å²) in [5.74, 6) is 2.19. The highest BCUT2D eigenvalue weighted by molar-refractivity contribution is 14.0. The number of piperidine rings is 1. The van der Waals surface area contributed by atoms with Crippen molar-refractivity contribution >= 4 is 35.8 Å². The molecule has 8 heteroatoms. The molecular formula is C21H39IN4O3. The lowest BCUT2D eigenvalue weighted by Gasteiger charge is -2.35. The van der Waals surface area contributed by atoms with Gasteiger partial charge in [-0.25, -0.2) is 4.99 Å². The molecule has 0 radical (unpaired) electrons. The van der Waals surface area contributed by atoms with Gasteiger partial charge in [0, 0.05) is 52.9 Å². The van der Waals surface area contributed by atoms with Crippen LogP contribution in [0.5, 0.6) is 0 Å². The van der Waals surface area contributed by atoms with Crippen molar-refractivity contribution in [2.75, 3.05) is 60.1 Å². The summed E-state index contributed by atoms with van der Waals surface area (Å²) < 4.78 is 11.7. The van der Waals surface area contributed by atoms with Crippen LogP contribution in [0.3, 0.4) is 0 Å². The van der Waals surface area contributed by atoms with E-state index in [9.17, 15) is 4.79 Å². The van der Waals surface area contributed by atoms with Gasteiger partial charge in [-0.15, -0.1) is 24.0 Å². The van der Waals surface area contributed by atoms with Gasteiger partial charge in [0.1, 0.15) is 6.54 Å². The number of carbonyl (C=O) groups excluding carboxylic acids is 1. The summed E-state index contributed by atoms with van der Waals surface area (Å²) in [6.07, 6.45) is 8.93. The Morgan fingerprint density at radius 2 is 1.86 bits per heavy atom. The predicted octanol–water partition coefficient (Wildman–Crippen LogP) is 2.35. The molecule has 7 nitrogen and oxygen atoms in total. The Kier molecular flexibility index (Phi) is 11.0. The number of amides is 1. The SMILES string of the molecule is CN(C)C(=O)CN=C(NCC1CCOC1)N1CCC(OCC2CCCC2)CC1.I. The molecule has 3 rings (SSSR count). The average molecular weight is 522 g/mol. The smallest absolute Gasteiger partial charge is 0.243 e. The van der Waals surface area contributed by atoms with Crippen LogP contribution >= 0.6 is 24.0 Å². The van der Waals surface area contributed by atoms with Crippen molar-refractivity contribution in [1.29, 1.82) is 0 Å². The number of ether oxygens (including phenoxy) is 2. The predicted molar refractivity (Wildman–Crippen MR) is 126 cm³/mol. The number of likely N-dealkylation sites (N-methyl/N-ethyl adjacent to an activating group) is 1. The minimum absolute atomic E-state index is 0. The third-order valence-corrected chi connectivity index (χ3v) is 6.22. The molecule has 29 heavy (non-hydrogen) atoms. The van der Waals surface area contributed by atoms with E-state index < -0.39 is 0 Å². The zero-order chi connectivity index (χ0) is 19.8. The van der Waals surface area contributed by atoms with E-state index in [1.165, 1.54) is 25.7 Å². The quantitative estimate of drug-likeness (QED) is 0.316. The van der Waals surface area contributed by atoms with Crippen LogP contribution in [-0.4, -0.2) is 87.9 Å². The summed E-state index contributed by atoms with van der Waals surface area (Å²) in [6.45, 7) is 5.50. The maximum Gasteiger partial charge on any atom is 0.243 e. The fourth-order valence-corrected chi connectivity index (χ4v) is 4.22. The van der Waals surface area contributed by atoms with E-state index in [1.54, 1.807) is 19.0 Å². The largest absolute Gasteiger partial charge is 0.381 e. The van der Waals surface area contributed by atoms with Crippen molar-refractivity contribution in [2.24, 2.45) is 16.8 Å². The Balaban J connectivity index is 0.00000300. The van der Waals surface area contributed by atoms with Crippen LogP contribution in [0.15, 0.2) is 4.99 Å². The number of likely N-dealkylation sites (tertiary alicyclic amines) is 1. The molecule has 1 unspecified atom stereocenters. The molecule has 0 aromatic heterocycles. The van der Waals surface area contributed by atoms with Crippen LogP contribution in [-0.2, 0) is 14.3 Å². The molecule has 0 spiro atoms. The minimum atomic E-state index is 0. The van der Waals surface area contributed by atoms with E-state index >= 15 is 0 Å². The summed E-state index contributed by atoms with van der Waals surface area (Å²) in [4.78, 5) is 20.5. The van der Waals surface area contributed by atoms with Crippen molar-refractivity contribution < 1.29 is 14.3 Å². The number of nitrogens with one attached hydrogen (secondary N) is 1. The number of hydrogen-bond acceptors (Lipinski definition) is 4. The lowest BCUT2D eigenvalue weighted by Crippen LogP contribution is -2.48. The molecule has 1 atom stereocenters. The van der Waals surface area contributed by atoms with E-state index in [1.807, 2.05) is 0 Å². The number of guanidine groups is 1. The molecule has 1 saturated carbocycles. The average Bonchev–Trinajstić information content (AvgIpc) is 3.40. The van der Waals surface area contributed by atoms with Crippen LogP contribution in [0.4, 0.5) is 0 Å². The maximum absolute atomic E-state index is 12.0. The second-order valence-corrected chi connectivity index (χ2v) is 8.71. The standard InChI is InChI=1S/C21H38N4O3.HI/c1-24(2)20(26)14-23-21(22-13-18-9-12-27-15-18)25-10-7-19(8-11-25)28-16-17-5-3-4-6-17;/h17-19H,3-16H2,1-2H3,(H,22,23);1H. The Labute approximate surface area is 193 Å². The number of hydrogen-bond donors (Lipinski definition) is 1. The van der Waals surface area contributed by atoms with Gasteiger partial charge in [0.25, 0.3) is 0 Å². The number of halogens is 1. The van der Waals surface area contributed by atoms with Crippen molar-refractivity contribution in [3.63, 3.8) is 0 Å². The third-order valence-electron chi connectivity index (χ3n) is 6.22. The van der Waals surface area contributed by atoms with Crippen molar-refractivity contribution in [3.8, 4) is 0 Å². The Hall–Kier alpha value is -0.610. The molecule has 168 valence electrons. The fraction of sp³-hybridized carbons (Fsp3) is 0.905. The third kappa shape index (κ3) is 8.20. The van der Waals surface area contributed by atoms with Crippen molar-refractivity contribution in [3.05, 3.63) is 0 Å². The van der Waals surface area contributed by atoms with Crippen LogP contribution in [0.25, 0.3) is 0 Å². The monoisotopic (exact) mass is 522 g/mol. The van der Waals surface area contributed by atoms with E-state index in [0.717, 1.165) is 70.6 Å². The van der Waals surface area contributed by atoms with E-state index in [4.69, 9.17) is 9.47 Å². The number of aliphatic imine (C=N–C) groups is 1. The molecular weight excluding hydrogens is 483 g/mol. The molecule has 1 N–H and O–H groups in total. The minimum Gasteiger partial charge on any atom is -0.381 e. The van der Waals surface area contributed by atoms with Crippen molar-refractivity contribution in [1.82, 2.24) is 15.1 Å². The first-order valence-corrected chi connectivity index (χ1v) is 11.0. The molecule has 0 bridgehead atoms. The number of nitrogens with zero attached hydrogens (tertiary/aromatic N) is 3. The summed E-state index contributed by atoms with van der Waals surface area (Å²) in [6, 6.07) is 0. The molecule has 3 fully saturated rings. The zero-order valence-corrected chi connectivity index (χ0v) is 20.4. The van der Waals surface area contributed by atoms with Gasteiger partial charge in [0.05, 0.1) is 12.7 Å². The first kappa shape index (κ1) is 24.7. The summed E-state index contributed by atoms with van der Waals surface area (Å²) in [5.41, 5.74) is 0. The lowest BCUT2D eigenvalue weighted by molar-refractivity contribution is -0.127. The lowest BCUT2D eigenvalue weighted by atomic mass is 10.1. The molecule has 2 saturated heterocycles. The summed E-state index contributed by atoms with van der Waals surface area (Å²) >= 11 is 0. The Morgan fingerprint density at radius 1 is 1.14 bits per heavy atom. The first-order chi connectivity index (χ1) is 13.6. The van der Waals surface area contributed by atoms with E-state index in [-0.39, 0.29) is 36.4 Å². The second-order valence-electron chi connectivity index (χ2n) is 8.71. The topological polar surface area (TPSA) is 66.4 Å². The normalized spacial score (nSPS) is 23.9. The second kappa shape index (κ2) is 12.9. The zero-order valence-electron chi connectivity index (χ0n) is 18.1. The molecule has 3 aliphatic rings. The van der Waals surface area contributed by atoms with Gasteiger partial charge in [-0.1, -0.05) is 12.8 Å². The summed E-state index contributed by atoms with van der Waals surface area (Å²) in [7, 11) is 3.54. The van der Waals surface area contributed by atoms with Crippen LogP contribution in [0, 0.1) is 11.8 Å². The van der Waals surface area contributed by atoms with Gasteiger partial charge in [-0.05, 0) is 38.0 Å². The maximum atomic E-state index is 12.0. The van der Waals surface area contributed by atoms with Gasteiger partial charge in [0.15, 0.2) is 5.96 Å². The molecule has 0 aromatic rings. The van der Waals surface area contributed by atoms with Gasteiger partial charge >= 0.3 is 0 Å². The highest BCUT2D eigenvalue weighted by Gasteiger charge is 2.25. The first-order valence-electron chi connectivity index (χ1n) is 11.0. The molecule has 2 aliphatic heterocycles.